The number of carbonyl (C=O) groups excluding carboxylic acids is 1. The van der Waals surface area contributed by atoms with Gasteiger partial charge in [-0.1, -0.05) is 54.9 Å². The van der Waals surface area contributed by atoms with Crippen molar-refractivity contribution in [2.75, 3.05) is 6.61 Å². The minimum atomic E-state index is -1.12. The van der Waals surface area contributed by atoms with Crippen LogP contribution in [0.4, 0.5) is 0 Å². The molecule has 3 saturated carbocycles. The molecule has 4 aliphatic carbocycles. The Morgan fingerprint density at radius 1 is 1.08 bits per heavy atom. The Balaban J connectivity index is 1.21. The Labute approximate surface area is 213 Å². The summed E-state index contributed by atoms with van der Waals surface area (Å²) in [5.74, 6) is 0.330. The lowest BCUT2D eigenvalue weighted by Crippen LogP contribution is -2.51. The highest BCUT2D eigenvalue weighted by Gasteiger charge is 2.58. The van der Waals surface area contributed by atoms with E-state index in [-0.39, 0.29) is 23.5 Å². The van der Waals surface area contributed by atoms with Gasteiger partial charge in [-0.05, 0) is 91.6 Å². The number of aliphatic carboxylic acids is 1. The van der Waals surface area contributed by atoms with Crippen LogP contribution in [-0.2, 0) is 14.4 Å². The fourth-order valence-electron chi connectivity index (χ4n) is 7.93. The monoisotopic (exact) mass is 494 g/mol. The van der Waals surface area contributed by atoms with Gasteiger partial charge in [0.15, 0.2) is 12.6 Å². The quantitative estimate of drug-likeness (QED) is 0.500. The van der Waals surface area contributed by atoms with Crippen LogP contribution in [0.25, 0.3) is 0 Å². The molecule has 3 N–H and O–H groups in total. The molecule has 7 heteroatoms. The highest BCUT2D eigenvalue weighted by molar-refractivity contribution is 5.96. The average molecular weight is 495 g/mol. The molecule has 0 bridgehead atoms. The topological polar surface area (TPSA) is 108 Å². The normalized spacial score (nSPS) is 37.2. The lowest BCUT2D eigenvalue weighted by molar-refractivity contribution is -0.142. The molecule has 1 amide bonds. The zero-order valence-corrected chi connectivity index (χ0v) is 21.3. The van der Waals surface area contributed by atoms with E-state index in [1.54, 1.807) is 30.3 Å². The van der Waals surface area contributed by atoms with Gasteiger partial charge in [0.1, 0.15) is 0 Å². The number of nitrogens with zero attached hydrogens (tertiary/aromatic N) is 1. The first kappa shape index (κ1) is 25.0. The van der Waals surface area contributed by atoms with Gasteiger partial charge in [-0.15, -0.1) is 0 Å². The van der Waals surface area contributed by atoms with Crippen molar-refractivity contribution in [2.24, 2.45) is 33.7 Å². The molecular formula is C29H38N2O5. The molecule has 1 aromatic carbocycles. The molecule has 0 aliphatic heterocycles. The fourth-order valence-corrected chi connectivity index (χ4v) is 7.93. The van der Waals surface area contributed by atoms with Crippen molar-refractivity contribution in [1.82, 2.24) is 5.32 Å². The van der Waals surface area contributed by atoms with E-state index >= 15 is 0 Å². The number of hydrogen-bond acceptors (Lipinski definition) is 5. The number of amides is 1. The van der Waals surface area contributed by atoms with Crippen LogP contribution >= 0.6 is 0 Å². The van der Waals surface area contributed by atoms with Gasteiger partial charge in [-0.2, -0.15) is 0 Å². The Hall–Kier alpha value is -2.67. The number of hydrogen-bond donors (Lipinski definition) is 3. The van der Waals surface area contributed by atoms with Gasteiger partial charge in [0.25, 0.3) is 5.91 Å². The number of allylic oxidation sites excluding steroid dienone is 2. The maximum atomic E-state index is 12.3. The lowest BCUT2D eigenvalue weighted by Gasteiger charge is -2.57. The van der Waals surface area contributed by atoms with Crippen molar-refractivity contribution in [3.8, 4) is 0 Å². The molecule has 194 valence electrons. The third-order valence-corrected chi connectivity index (χ3v) is 9.99. The van der Waals surface area contributed by atoms with E-state index in [0.29, 0.717) is 23.3 Å². The largest absolute Gasteiger partial charge is 0.479 e. The Morgan fingerprint density at radius 2 is 1.86 bits per heavy atom. The van der Waals surface area contributed by atoms with Crippen LogP contribution in [0.1, 0.15) is 76.8 Å². The van der Waals surface area contributed by atoms with E-state index in [1.807, 2.05) is 0 Å². The van der Waals surface area contributed by atoms with Crippen molar-refractivity contribution < 1.29 is 24.6 Å². The number of oxime groups is 1. The highest BCUT2D eigenvalue weighted by atomic mass is 16.6. The van der Waals surface area contributed by atoms with Crippen LogP contribution < -0.4 is 5.32 Å². The summed E-state index contributed by atoms with van der Waals surface area (Å²) >= 11 is 0. The standard InChI is InChI=1S/C29H38N2O5/c1-28-14-12-20(31-36-17-25(33)30-26(27(34)35)18-6-4-3-5-7-18)16-19(28)8-9-21-22-10-11-24(32)29(22,2)15-13-23(21)28/h3-7,16,21-24,26,32H,8-15,17H2,1-2H3,(H,30,33)(H,34,35)/t21-,22-,23-,24-,26+,28+,29+/m1/s1. The number of nitrogens with one attached hydrogen (secondary N) is 1. The Kier molecular flexibility index (Phi) is 6.70. The third-order valence-electron chi connectivity index (χ3n) is 9.99. The summed E-state index contributed by atoms with van der Waals surface area (Å²) in [5, 5.41) is 26.9. The zero-order chi connectivity index (χ0) is 25.5. The first-order chi connectivity index (χ1) is 17.2. The molecular weight excluding hydrogens is 456 g/mol. The van der Waals surface area contributed by atoms with Crippen molar-refractivity contribution >= 4 is 17.6 Å². The molecule has 0 radical (unpaired) electrons. The number of rotatable bonds is 6. The molecule has 7 atom stereocenters. The van der Waals surface area contributed by atoms with Crippen molar-refractivity contribution in [3.05, 3.63) is 47.5 Å². The maximum absolute atomic E-state index is 12.3. The third kappa shape index (κ3) is 4.36. The molecule has 5 rings (SSSR count). The van der Waals surface area contributed by atoms with Crippen LogP contribution in [0, 0.1) is 28.6 Å². The van der Waals surface area contributed by atoms with E-state index in [9.17, 15) is 19.8 Å². The molecule has 0 unspecified atom stereocenters. The number of aliphatic hydroxyl groups is 1. The van der Waals surface area contributed by atoms with Crippen LogP contribution in [0.15, 0.2) is 47.1 Å². The predicted octanol–water partition coefficient (Wildman–Crippen LogP) is 4.62. The van der Waals surface area contributed by atoms with Gasteiger partial charge in [0, 0.05) is 0 Å². The predicted molar refractivity (Wildman–Crippen MR) is 136 cm³/mol. The number of carboxylic acids is 1. The van der Waals surface area contributed by atoms with Gasteiger partial charge >= 0.3 is 5.97 Å². The summed E-state index contributed by atoms with van der Waals surface area (Å²) in [6, 6.07) is 7.48. The van der Waals surface area contributed by atoms with E-state index < -0.39 is 17.9 Å². The van der Waals surface area contributed by atoms with E-state index in [0.717, 1.165) is 44.2 Å². The van der Waals surface area contributed by atoms with E-state index in [2.05, 4.69) is 30.4 Å². The number of fused-ring (bicyclic) bond motifs is 5. The van der Waals surface area contributed by atoms with Gasteiger partial charge in [0.2, 0.25) is 0 Å². The maximum Gasteiger partial charge on any atom is 0.330 e. The summed E-state index contributed by atoms with van der Waals surface area (Å²) in [6.07, 6.45) is 10.5. The molecule has 36 heavy (non-hydrogen) atoms. The van der Waals surface area contributed by atoms with Crippen molar-refractivity contribution in [1.29, 1.82) is 0 Å². The van der Waals surface area contributed by atoms with E-state index in [1.165, 1.54) is 18.4 Å². The van der Waals surface area contributed by atoms with Crippen LogP contribution in [0.2, 0.25) is 0 Å². The van der Waals surface area contributed by atoms with Crippen LogP contribution in [0.3, 0.4) is 0 Å². The summed E-state index contributed by atoms with van der Waals surface area (Å²) in [6.45, 7) is 4.41. The Bertz CT molecular complexity index is 1070. The van der Waals surface area contributed by atoms with Crippen molar-refractivity contribution in [3.63, 3.8) is 0 Å². The molecule has 0 saturated heterocycles. The SMILES string of the molecule is C[C@]12CC[C@@H]3[C@H](CCC4=CC(=NOCC(=O)N[C@H](C(=O)O)c5ccccc5)CC[C@@]43C)[C@H]1CC[C@H]2O. The first-order valence-electron chi connectivity index (χ1n) is 13.4. The second kappa shape index (κ2) is 9.66. The second-order valence-electron chi connectivity index (χ2n) is 11.7. The van der Waals surface area contributed by atoms with Gasteiger partial charge in [-0.3, -0.25) is 4.79 Å². The Morgan fingerprint density at radius 3 is 2.61 bits per heavy atom. The van der Waals surface area contributed by atoms with E-state index in [4.69, 9.17) is 4.84 Å². The van der Waals surface area contributed by atoms with Gasteiger partial charge in [0.05, 0.1) is 11.8 Å². The summed E-state index contributed by atoms with van der Waals surface area (Å²) in [5.41, 5.74) is 3.06. The second-order valence-corrected chi connectivity index (χ2v) is 11.7. The highest BCUT2D eigenvalue weighted by Crippen LogP contribution is 2.65. The summed E-state index contributed by atoms with van der Waals surface area (Å²) in [7, 11) is 0. The van der Waals surface area contributed by atoms with Gasteiger partial charge < -0.3 is 20.4 Å². The van der Waals surface area contributed by atoms with Crippen LogP contribution in [0.5, 0.6) is 0 Å². The fraction of sp³-hybridized carbons (Fsp3) is 0.621. The smallest absolute Gasteiger partial charge is 0.330 e. The first-order valence-corrected chi connectivity index (χ1v) is 13.4. The zero-order valence-electron chi connectivity index (χ0n) is 21.3. The number of benzene rings is 1. The molecule has 7 nitrogen and oxygen atoms in total. The average Bonchev–Trinajstić information content (AvgIpc) is 3.17. The molecule has 3 fully saturated rings. The number of carboxylic acid groups (broad SMARTS) is 1. The van der Waals surface area contributed by atoms with Crippen LogP contribution in [-0.4, -0.2) is 40.5 Å². The number of carbonyl (C=O) groups is 2. The summed E-state index contributed by atoms with van der Waals surface area (Å²) < 4.78 is 0. The molecule has 0 aromatic heterocycles. The minimum absolute atomic E-state index is 0.0919. The van der Waals surface area contributed by atoms with Gasteiger partial charge in [-0.25, -0.2) is 4.79 Å². The molecule has 4 aliphatic rings. The lowest BCUT2D eigenvalue weighted by atomic mass is 9.47. The van der Waals surface area contributed by atoms with Crippen molar-refractivity contribution in [2.45, 2.75) is 77.4 Å². The molecule has 0 heterocycles. The molecule has 1 aromatic rings. The number of aliphatic hydroxyl groups excluding tert-OH is 1. The molecule has 0 spiro atoms. The minimum Gasteiger partial charge on any atom is -0.479 e. The summed E-state index contributed by atoms with van der Waals surface area (Å²) in [4.78, 5) is 29.3.